The van der Waals surface area contributed by atoms with Crippen molar-refractivity contribution >= 4 is 24.4 Å². The van der Waals surface area contributed by atoms with Gasteiger partial charge >= 0.3 is 0 Å². The van der Waals surface area contributed by atoms with Crippen LogP contribution >= 0.6 is 0 Å². The predicted molar refractivity (Wildman–Crippen MR) is 42.5 cm³/mol. The fourth-order valence-corrected chi connectivity index (χ4v) is 1.15. The lowest BCUT2D eigenvalue weighted by molar-refractivity contribution is 0.457. The summed E-state index contributed by atoms with van der Waals surface area (Å²) in [4.78, 5) is -0.0648. The normalized spacial score (nSPS) is 12.8. The van der Waals surface area contributed by atoms with Crippen molar-refractivity contribution in [3.05, 3.63) is 18.2 Å². The molecular formula is C6H5BO3S. The molecule has 5 heteroatoms. The SMILES string of the molecule is [B]c1ccc(O)c(S(=O)O)c1. The molecule has 0 spiro atoms. The average molecular weight is 168 g/mol. The van der Waals surface area contributed by atoms with Crippen LogP contribution < -0.4 is 5.46 Å². The Morgan fingerprint density at radius 1 is 1.45 bits per heavy atom. The van der Waals surface area contributed by atoms with E-state index in [0.29, 0.717) is 5.46 Å². The largest absolute Gasteiger partial charge is 0.507 e. The third-order valence-corrected chi connectivity index (χ3v) is 1.88. The Balaban J connectivity index is 3.23. The summed E-state index contributed by atoms with van der Waals surface area (Å²) >= 11 is -2.18. The first-order chi connectivity index (χ1) is 5.11. The van der Waals surface area contributed by atoms with Crippen LogP contribution in [-0.2, 0) is 11.1 Å². The molecule has 1 aromatic rings. The van der Waals surface area contributed by atoms with Gasteiger partial charge in [0.25, 0.3) is 0 Å². The molecule has 1 aromatic carbocycles. The zero-order valence-corrected chi connectivity index (χ0v) is 6.34. The van der Waals surface area contributed by atoms with Crippen LogP contribution in [0.2, 0.25) is 0 Å². The molecule has 0 heterocycles. The maximum atomic E-state index is 10.5. The number of aromatic hydroxyl groups is 1. The van der Waals surface area contributed by atoms with E-state index in [2.05, 4.69) is 0 Å². The first-order valence-corrected chi connectivity index (χ1v) is 3.91. The summed E-state index contributed by atoms with van der Waals surface area (Å²) in [5, 5.41) is 9.00. The van der Waals surface area contributed by atoms with Crippen LogP contribution in [0.5, 0.6) is 5.75 Å². The Hall–Kier alpha value is -0.805. The third kappa shape index (κ3) is 1.81. The zero-order chi connectivity index (χ0) is 8.43. The first-order valence-electron chi connectivity index (χ1n) is 2.80. The van der Waals surface area contributed by atoms with Crippen LogP contribution in [0.1, 0.15) is 0 Å². The Labute approximate surface area is 67.8 Å². The number of phenols is 1. The summed E-state index contributed by atoms with van der Waals surface area (Å²) < 4.78 is 19.1. The number of benzene rings is 1. The van der Waals surface area contributed by atoms with Gasteiger partial charge in [0.05, 0.1) is 0 Å². The van der Waals surface area contributed by atoms with Gasteiger partial charge in [0, 0.05) is 0 Å². The molecule has 1 unspecified atom stereocenters. The topological polar surface area (TPSA) is 57.5 Å². The summed E-state index contributed by atoms with van der Waals surface area (Å²) in [5.41, 5.74) is 0.347. The lowest BCUT2D eigenvalue weighted by atomic mass is 9.97. The van der Waals surface area contributed by atoms with Gasteiger partial charge in [0.1, 0.15) is 18.5 Å². The molecule has 0 aliphatic carbocycles. The van der Waals surface area contributed by atoms with E-state index in [-0.39, 0.29) is 10.6 Å². The van der Waals surface area contributed by atoms with Crippen molar-refractivity contribution in [2.75, 3.05) is 0 Å². The van der Waals surface area contributed by atoms with Gasteiger partial charge in [-0.05, 0) is 12.1 Å². The Morgan fingerprint density at radius 3 is 2.55 bits per heavy atom. The summed E-state index contributed by atoms with van der Waals surface area (Å²) in [5.74, 6) is -0.222. The molecule has 0 aromatic heterocycles. The van der Waals surface area contributed by atoms with Crippen molar-refractivity contribution in [3.8, 4) is 5.75 Å². The van der Waals surface area contributed by atoms with E-state index in [4.69, 9.17) is 17.5 Å². The van der Waals surface area contributed by atoms with Crippen molar-refractivity contribution in [1.29, 1.82) is 0 Å². The molecular weight excluding hydrogens is 163 g/mol. The van der Waals surface area contributed by atoms with E-state index in [1.807, 2.05) is 0 Å². The van der Waals surface area contributed by atoms with Crippen molar-refractivity contribution < 1.29 is 13.9 Å². The second-order valence-corrected chi connectivity index (χ2v) is 2.91. The lowest BCUT2D eigenvalue weighted by Gasteiger charge is -1.99. The number of phenolic OH excluding ortho intramolecular Hbond substituents is 1. The fourth-order valence-electron chi connectivity index (χ4n) is 0.671. The minimum atomic E-state index is -2.18. The molecule has 0 saturated carbocycles. The monoisotopic (exact) mass is 168 g/mol. The standard InChI is InChI=1S/C6H5BO3S/c7-4-1-2-5(8)6(3-4)11(9)10/h1-3,8H,(H,9,10). The highest BCUT2D eigenvalue weighted by atomic mass is 32.2. The lowest BCUT2D eigenvalue weighted by Crippen LogP contribution is -2.03. The predicted octanol–water partition coefficient (Wildman–Crippen LogP) is -0.233. The molecule has 0 bridgehead atoms. The average Bonchev–Trinajstić information content (AvgIpc) is 1.94. The van der Waals surface area contributed by atoms with Gasteiger partial charge in [-0.2, -0.15) is 0 Å². The zero-order valence-electron chi connectivity index (χ0n) is 5.52. The molecule has 56 valence electrons. The van der Waals surface area contributed by atoms with Crippen molar-refractivity contribution in [2.45, 2.75) is 4.90 Å². The molecule has 0 aliphatic heterocycles. The van der Waals surface area contributed by atoms with E-state index in [1.165, 1.54) is 18.2 Å². The smallest absolute Gasteiger partial charge is 0.190 e. The Morgan fingerprint density at radius 2 is 2.09 bits per heavy atom. The molecule has 0 saturated heterocycles. The van der Waals surface area contributed by atoms with Crippen LogP contribution in [0.4, 0.5) is 0 Å². The van der Waals surface area contributed by atoms with Crippen LogP contribution in [0, 0.1) is 0 Å². The second-order valence-electron chi connectivity index (χ2n) is 1.98. The van der Waals surface area contributed by atoms with Crippen LogP contribution in [0.3, 0.4) is 0 Å². The maximum Gasteiger partial charge on any atom is 0.190 e. The van der Waals surface area contributed by atoms with E-state index < -0.39 is 11.1 Å². The molecule has 3 nitrogen and oxygen atoms in total. The van der Waals surface area contributed by atoms with Gasteiger partial charge in [-0.15, -0.1) is 0 Å². The molecule has 0 aliphatic rings. The van der Waals surface area contributed by atoms with Gasteiger partial charge in [0.15, 0.2) is 11.1 Å². The first kappa shape index (κ1) is 8.29. The van der Waals surface area contributed by atoms with Crippen LogP contribution in [0.25, 0.3) is 0 Å². The van der Waals surface area contributed by atoms with Gasteiger partial charge in [0.2, 0.25) is 0 Å². The van der Waals surface area contributed by atoms with E-state index in [9.17, 15) is 4.21 Å². The van der Waals surface area contributed by atoms with Crippen LogP contribution in [-0.4, -0.2) is 21.7 Å². The summed E-state index contributed by atoms with van der Waals surface area (Å²) in [6.07, 6.45) is 0. The molecule has 11 heavy (non-hydrogen) atoms. The van der Waals surface area contributed by atoms with Gasteiger partial charge in [-0.1, -0.05) is 11.5 Å². The Bertz CT molecular complexity index is 300. The molecule has 1 atom stereocenters. The minimum absolute atomic E-state index is 0.0648. The minimum Gasteiger partial charge on any atom is -0.507 e. The maximum absolute atomic E-state index is 10.5. The third-order valence-electron chi connectivity index (χ3n) is 1.17. The van der Waals surface area contributed by atoms with Gasteiger partial charge in [-0.3, -0.25) is 0 Å². The molecule has 0 fully saturated rings. The molecule has 1 rings (SSSR count). The van der Waals surface area contributed by atoms with E-state index >= 15 is 0 Å². The van der Waals surface area contributed by atoms with Gasteiger partial charge < -0.3 is 9.66 Å². The summed E-state index contributed by atoms with van der Waals surface area (Å²) in [6.45, 7) is 0. The van der Waals surface area contributed by atoms with E-state index in [1.54, 1.807) is 0 Å². The number of hydrogen-bond acceptors (Lipinski definition) is 2. The molecule has 2 radical (unpaired) electrons. The Kier molecular flexibility index (Phi) is 2.31. The van der Waals surface area contributed by atoms with Crippen LogP contribution in [0.15, 0.2) is 23.1 Å². The highest BCUT2D eigenvalue weighted by Crippen LogP contribution is 2.16. The molecule has 2 N–H and O–H groups in total. The van der Waals surface area contributed by atoms with Gasteiger partial charge in [-0.25, -0.2) is 4.21 Å². The number of rotatable bonds is 1. The fraction of sp³-hybridized carbons (Fsp3) is 0. The highest BCUT2D eigenvalue weighted by molar-refractivity contribution is 7.79. The van der Waals surface area contributed by atoms with E-state index in [0.717, 1.165) is 0 Å². The van der Waals surface area contributed by atoms with Crippen molar-refractivity contribution in [2.24, 2.45) is 0 Å². The highest BCUT2D eigenvalue weighted by Gasteiger charge is 2.05. The van der Waals surface area contributed by atoms with Crippen molar-refractivity contribution in [3.63, 3.8) is 0 Å². The van der Waals surface area contributed by atoms with Crippen molar-refractivity contribution in [1.82, 2.24) is 0 Å². The quantitative estimate of drug-likeness (QED) is 0.449. The summed E-state index contributed by atoms with van der Waals surface area (Å²) in [6, 6.07) is 3.98. The molecule has 0 amide bonds. The summed E-state index contributed by atoms with van der Waals surface area (Å²) in [7, 11) is 5.31. The second kappa shape index (κ2) is 3.06. The number of hydrogen-bond donors (Lipinski definition) is 2.